The zero-order valence-corrected chi connectivity index (χ0v) is 11.2. The van der Waals surface area contributed by atoms with Crippen molar-refractivity contribution in [2.45, 2.75) is 6.42 Å². The summed E-state index contributed by atoms with van der Waals surface area (Å²) < 4.78 is 10.6. The average Bonchev–Trinajstić information content (AvgIpc) is 2.94. The van der Waals surface area contributed by atoms with Crippen LogP contribution in [0.5, 0.6) is 11.5 Å². The van der Waals surface area contributed by atoms with Gasteiger partial charge in [-0.25, -0.2) is 0 Å². The van der Waals surface area contributed by atoms with Gasteiger partial charge >= 0.3 is 0 Å². The van der Waals surface area contributed by atoms with E-state index >= 15 is 0 Å². The molecule has 3 heteroatoms. The largest absolute Gasteiger partial charge is 0.497 e. The molecule has 0 atom stereocenters. The van der Waals surface area contributed by atoms with Crippen LogP contribution in [0, 0.1) is 0 Å². The first-order chi connectivity index (χ1) is 9.30. The van der Waals surface area contributed by atoms with Crippen molar-refractivity contribution in [2.75, 3.05) is 26.1 Å². The fourth-order valence-corrected chi connectivity index (χ4v) is 2.44. The number of hydrogen-bond donors (Lipinski definition) is 1. The van der Waals surface area contributed by atoms with Crippen LogP contribution in [0.4, 0.5) is 5.69 Å². The molecule has 3 rings (SSSR count). The summed E-state index contributed by atoms with van der Waals surface area (Å²) in [7, 11) is 3.34. The maximum absolute atomic E-state index is 5.32. The van der Waals surface area contributed by atoms with Crippen LogP contribution in [0.1, 0.15) is 5.56 Å². The van der Waals surface area contributed by atoms with E-state index in [-0.39, 0.29) is 0 Å². The van der Waals surface area contributed by atoms with Crippen LogP contribution in [0.15, 0.2) is 36.4 Å². The molecule has 0 aromatic heterocycles. The molecule has 1 aliphatic heterocycles. The Morgan fingerprint density at radius 1 is 0.895 bits per heavy atom. The molecule has 0 fully saturated rings. The first-order valence-corrected chi connectivity index (χ1v) is 6.40. The summed E-state index contributed by atoms with van der Waals surface area (Å²) in [5, 5.41) is 3.40. The fraction of sp³-hybridized carbons (Fsp3) is 0.250. The third-order valence-corrected chi connectivity index (χ3v) is 3.50. The molecule has 0 bridgehead atoms. The Morgan fingerprint density at radius 3 is 2.32 bits per heavy atom. The molecule has 0 saturated heterocycles. The Kier molecular flexibility index (Phi) is 3.03. The van der Waals surface area contributed by atoms with Crippen LogP contribution in [-0.4, -0.2) is 20.8 Å². The number of fused-ring (bicyclic) bond motifs is 1. The molecule has 2 aromatic rings. The number of benzene rings is 2. The van der Waals surface area contributed by atoms with E-state index < -0.39 is 0 Å². The number of methoxy groups -OCH3 is 2. The Hall–Kier alpha value is -2.16. The van der Waals surface area contributed by atoms with Crippen LogP contribution in [-0.2, 0) is 6.42 Å². The van der Waals surface area contributed by atoms with Gasteiger partial charge in [-0.1, -0.05) is 12.1 Å². The lowest BCUT2D eigenvalue weighted by Crippen LogP contribution is -1.91. The molecule has 0 aliphatic carbocycles. The third-order valence-electron chi connectivity index (χ3n) is 3.50. The maximum atomic E-state index is 5.32. The van der Waals surface area contributed by atoms with Gasteiger partial charge in [0.05, 0.1) is 14.2 Å². The van der Waals surface area contributed by atoms with Gasteiger partial charge < -0.3 is 14.8 Å². The highest BCUT2D eigenvalue weighted by atomic mass is 16.5. The lowest BCUT2D eigenvalue weighted by Gasteiger charge is -2.10. The highest BCUT2D eigenvalue weighted by Gasteiger charge is 2.11. The van der Waals surface area contributed by atoms with E-state index in [1.54, 1.807) is 14.2 Å². The van der Waals surface area contributed by atoms with Crippen molar-refractivity contribution in [3.8, 4) is 22.6 Å². The quantitative estimate of drug-likeness (QED) is 0.912. The van der Waals surface area contributed by atoms with E-state index in [9.17, 15) is 0 Å². The Labute approximate surface area is 113 Å². The summed E-state index contributed by atoms with van der Waals surface area (Å²) >= 11 is 0. The van der Waals surface area contributed by atoms with Gasteiger partial charge in [0.2, 0.25) is 0 Å². The van der Waals surface area contributed by atoms with Crippen molar-refractivity contribution in [3.63, 3.8) is 0 Å². The second-order valence-corrected chi connectivity index (χ2v) is 4.65. The Morgan fingerprint density at radius 2 is 1.63 bits per heavy atom. The van der Waals surface area contributed by atoms with Gasteiger partial charge in [-0.3, -0.25) is 0 Å². The maximum Gasteiger partial charge on any atom is 0.123 e. The number of hydrogen-bond acceptors (Lipinski definition) is 3. The van der Waals surface area contributed by atoms with E-state index in [0.717, 1.165) is 30.0 Å². The molecule has 98 valence electrons. The number of anilines is 1. The molecule has 0 radical (unpaired) electrons. The van der Waals surface area contributed by atoms with Crippen molar-refractivity contribution < 1.29 is 9.47 Å². The van der Waals surface area contributed by atoms with Gasteiger partial charge in [-0.15, -0.1) is 0 Å². The molecule has 3 nitrogen and oxygen atoms in total. The molecule has 0 amide bonds. The fourth-order valence-electron chi connectivity index (χ4n) is 2.44. The van der Waals surface area contributed by atoms with E-state index in [1.165, 1.54) is 16.8 Å². The lowest BCUT2D eigenvalue weighted by atomic mass is 10.0. The molecule has 0 spiro atoms. The molecule has 1 aliphatic rings. The minimum atomic E-state index is 0.808. The Bertz CT molecular complexity index is 585. The summed E-state index contributed by atoms with van der Waals surface area (Å²) in [6, 6.07) is 12.5. The highest BCUT2D eigenvalue weighted by Crippen LogP contribution is 2.33. The van der Waals surface area contributed by atoms with E-state index in [0.29, 0.717) is 0 Å². The molecule has 19 heavy (non-hydrogen) atoms. The second kappa shape index (κ2) is 4.84. The predicted molar refractivity (Wildman–Crippen MR) is 77.2 cm³/mol. The average molecular weight is 255 g/mol. The minimum Gasteiger partial charge on any atom is -0.497 e. The minimum absolute atomic E-state index is 0.808. The summed E-state index contributed by atoms with van der Waals surface area (Å²) in [5.41, 5.74) is 4.90. The van der Waals surface area contributed by atoms with Gasteiger partial charge in [-0.2, -0.15) is 0 Å². The van der Waals surface area contributed by atoms with Crippen LogP contribution in [0.2, 0.25) is 0 Å². The summed E-state index contributed by atoms with van der Waals surface area (Å²) in [5.74, 6) is 1.62. The number of ether oxygens (including phenoxy) is 2. The van der Waals surface area contributed by atoms with Crippen molar-refractivity contribution in [2.24, 2.45) is 0 Å². The van der Waals surface area contributed by atoms with Crippen LogP contribution >= 0.6 is 0 Å². The van der Waals surface area contributed by atoms with Crippen LogP contribution < -0.4 is 14.8 Å². The first-order valence-electron chi connectivity index (χ1n) is 6.40. The van der Waals surface area contributed by atoms with Gasteiger partial charge in [0.1, 0.15) is 11.5 Å². The van der Waals surface area contributed by atoms with E-state index in [4.69, 9.17) is 9.47 Å². The third kappa shape index (κ3) is 2.24. The zero-order chi connectivity index (χ0) is 13.2. The lowest BCUT2D eigenvalue weighted by molar-refractivity contribution is 0.394. The van der Waals surface area contributed by atoms with Crippen molar-refractivity contribution in [1.29, 1.82) is 0 Å². The van der Waals surface area contributed by atoms with Gasteiger partial charge in [0.15, 0.2) is 0 Å². The molecular weight excluding hydrogens is 238 g/mol. The predicted octanol–water partition coefficient (Wildman–Crippen LogP) is 3.34. The van der Waals surface area contributed by atoms with E-state index in [1.807, 2.05) is 18.2 Å². The summed E-state index contributed by atoms with van der Waals surface area (Å²) in [4.78, 5) is 0. The number of rotatable bonds is 3. The van der Waals surface area contributed by atoms with Crippen LogP contribution in [0.3, 0.4) is 0 Å². The number of nitrogens with one attached hydrogen (secondary N) is 1. The zero-order valence-electron chi connectivity index (χ0n) is 11.2. The SMILES string of the molecule is COc1cc(OC)cc(-c2ccc3c(c2)NCC3)c1. The Balaban J connectivity index is 2.05. The van der Waals surface area contributed by atoms with Crippen LogP contribution in [0.25, 0.3) is 11.1 Å². The topological polar surface area (TPSA) is 30.5 Å². The van der Waals surface area contributed by atoms with Gasteiger partial charge in [0, 0.05) is 18.3 Å². The normalized spacial score (nSPS) is 12.7. The molecular formula is C16H17NO2. The molecule has 0 unspecified atom stereocenters. The van der Waals surface area contributed by atoms with Crippen molar-refractivity contribution >= 4 is 5.69 Å². The van der Waals surface area contributed by atoms with E-state index in [2.05, 4.69) is 23.5 Å². The van der Waals surface area contributed by atoms with Crippen molar-refractivity contribution in [3.05, 3.63) is 42.0 Å². The summed E-state index contributed by atoms with van der Waals surface area (Å²) in [6.07, 6.45) is 1.11. The van der Waals surface area contributed by atoms with Crippen molar-refractivity contribution in [1.82, 2.24) is 0 Å². The smallest absolute Gasteiger partial charge is 0.123 e. The second-order valence-electron chi connectivity index (χ2n) is 4.65. The first kappa shape index (κ1) is 11.9. The van der Waals surface area contributed by atoms with Gasteiger partial charge in [-0.05, 0) is 41.3 Å². The molecule has 0 saturated carbocycles. The molecule has 2 aromatic carbocycles. The monoisotopic (exact) mass is 255 g/mol. The molecule has 1 heterocycles. The van der Waals surface area contributed by atoms with Gasteiger partial charge in [0.25, 0.3) is 0 Å². The summed E-state index contributed by atoms with van der Waals surface area (Å²) in [6.45, 7) is 1.03. The standard InChI is InChI=1S/C16H17NO2/c1-18-14-7-13(8-15(10-14)19-2)12-4-3-11-5-6-17-16(11)9-12/h3-4,7-10,17H,5-6H2,1-2H3. The molecule has 1 N–H and O–H groups in total. The highest BCUT2D eigenvalue weighted by molar-refractivity contribution is 5.73.